The second-order valence-corrected chi connectivity index (χ2v) is 5.45. The van der Waals surface area contributed by atoms with Gasteiger partial charge >= 0.3 is 0 Å². The van der Waals surface area contributed by atoms with E-state index in [1.54, 1.807) is 0 Å². The van der Waals surface area contributed by atoms with E-state index < -0.39 is 0 Å². The van der Waals surface area contributed by atoms with Gasteiger partial charge in [-0.1, -0.05) is 35.0 Å². The first-order valence-corrected chi connectivity index (χ1v) is 7.25. The lowest BCUT2D eigenvalue weighted by atomic mass is 10.1. The smallest absolute Gasteiger partial charge is 0.127 e. The van der Waals surface area contributed by atoms with Crippen molar-refractivity contribution in [2.45, 2.75) is 32.4 Å². The minimum atomic E-state index is 0.0239. The van der Waals surface area contributed by atoms with Gasteiger partial charge in [0.2, 0.25) is 0 Å². The normalized spacial score (nSPS) is 12.6. The standard InChI is InChI=1S/C14H19BrN4/c1-2-7-19-8-6-17-14(19)13(18-16)10-11-4-3-5-12(15)9-11/h3-6,8-9,13,18H,2,7,10,16H2,1H3. The van der Waals surface area contributed by atoms with Gasteiger partial charge in [-0.2, -0.15) is 0 Å². The van der Waals surface area contributed by atoms with E-state index in [0.29, 0.717) is 0 Å². The molecule has 0 fully saturated rings. The topological polar surface area (TPSA) is 55.9 Å². The summed E-state index contributed by atoms with van der Waals surface area (Å²) >= 11 is 3.49. The predicted molar refractivity (Wildman–Crippen MR) is 80.4 cm³/mol. The van der Waals surface area contributed by atoms with Gasteiger partial charge in [0, 0.05) is 23.4 Å². The number of aromatic nitrogens is 2. The van der Waals surface area contributed by atoms with Crippen LogP contribution in [0, 0.1) is 0 Å². The van der Waals surface area contributed by atoms with Crippen LogP contribution in [0.1, 0.15) is 30.8 Å². The van der Waals surface area contributed by atoms with E-state index >= 15 is 0 Å². The number of nitrogens with one attached hydrogen (secondary N) is 1. The summed E-state index contributed by atoms with van der Waals surface area (Å²) in [6, 6.07) is 8.29. The van der Waals surface area contributed by atoms with Crippen LogP contribution in [0.4, 0.5) is 0 Å². The third-order valence-corrected chi connectivity index (χ3v) is 3.55. The maximum atomic E-state index is 5.70. The maximum Gasteiger partial charge on any atom is 0.127 e. The Hall–Kier alpha value is -1.17. The number of nitrogens with zero attached hydrogens (tertiary/aromatic N) is 2. The molecule has 1 unspecified atom stereocenters. The van der Waals surface area contributed by atoms with Crippen molar-refractivity contribution < 1.29 is 0 Å². The van der Waals surface area contributed by atoms with Crippen molar-refractivity contribution in [2.75, 3.05) is 0 Å². The molecule has 0 saturated carbocycles. The van der Waals surface area contributed by atoms with Crippen LogP contribution in [0.25, 0.3) is 0 Å². The number of hydrogen-bond acceptors (Lipinski definition) is 3. The molecule has 102 valence electrons. The molecule has 0 aliphatic rings. The first-order valence-electron chi connectivity index (χ1n) is 6.46. The molecular weight excluding hydrogens is 304 g/mol. The lowest BCUT2D eigenvalue weighted by Gasteiger charge is -2.17. The lowest BCUT2D eigenvalue weighted by Crippen LogP contribution is -2.31. The molecule has 3 N–H and O–H groups in total. The maximum absolute atomic E-state index is 5.70. The van der Waals surface area contributed by atoms with Gasteiger partial charge in [0.05, 0.1) is 6.04 Å². The fourth-order valence-electron chi connectivity index (χ4n) is 2.19. The Morgan fingerprint density at radius 3 is 3.00 bits per heavy atom. The van der Waals surface area contributed by atoms with Crippen LogP contribution >= 0.6 is 15.9 Å². The van der Waals surface area contributed by atoms with Crippen LogP contribution < -0.4 is 11.3 Å². The zero-order chi connectivity index (χ0) is 13.7. The molecule has 0 radical (unpaired) electrons. The molecule has 0 spiro atoms. The Labute approximate surface area is 122 Å². The molecule has 19 heavy (non-hydrogen) atoms. The molecule has 0 aliphatic heterocycles. The fourth-order valence-corrected chi connectivity index (χ4v) is 2.63. The summed E-state index contributed by atoms with van der Waals surface area (Å²) in [5.41, 5.74) is 4.10. The van der Waals surface area contributed by atoms with E-state index in [4.69, 9.17) is 5.84 Å². The van der Waals surface area contributed by atoms with E-state index in [-0.39, 0.29) is 6.04 Å². The molecule has 0 saturated heterocycles. The number of rotatable bonds is 6. The Morgan fingerprint density at radius 1 is 1.47 bits per heavy atom. The zero-order valence-corrected chi connectivity index (χ0v) is 12.6. The molecule has 2 rings (SSSR count). The fraction of sp³-hybridized carbons (Fsp3) is 0.357. The SMILES string of the molecule is CCCn1ccnc1C(Cc1cccc(Br)c1)NN. The van der Waals surface area contributed by atoms with E-state index in [1.807, 2.05) is 24.5 Å². The Balaban J connectivity index is 2.18. The highest BCUT2D eigenvalue weighted by Crippen LogP contribution is 2.19. The first kappa shape index (κ1) is 14.2. The van der Waals surface area contributed by atoms with Gasteiger partial charge in [-0.05, 0) is 30.5 Å². The predicted octanol–water partition coefficient (Wildman–Crippen LogP) is 2.80. The van der Waals surface area contributed by atoms with Crippen molar-refractivity contribution in [3.05, 3.63) is 52.5 Å². The van der Waals surface area contributed by atoms with E-state index in [0.717, 1.165) is 29.7 Å². The average molecular weight is 323 g/mol. The summed E-state index contributed by atoms with van der Waals surface area (Å²) in [6.45, 7) is 3.12. The second kappa shape index (κ2) is 6.84. The van der Waals surface area contributed by atoms with Gasteiger partial charge < -0.3 is 4.57 Å². The molecule has 1 aromatic heterocycles. The largest absolute Gasteiger partial charge is 0.334 e. The van der Waals surface area contributed by atoms with Crippen molar-refractivity contribution >= 4 is 15.9 Å². The first-order chi connectivity index (χ1) is 9.24. The third-order valence-electron chi connectivity index (χ3n) is 3.05. The molecule has 0 aliphatic carbocycles. The number of halogens is 1. The Kier molecular flexibility index (Phi) is 5.13. The van der Waals surface area contributed by atoms with E-state index in [2.05, 4.69) is 50.0 Å². The monoisotopic (exact) mass is 322 g/mol. The van der Waals surface area contributed by atoms with Crippen LogP contribution in [-0.4, -0.2) is 9.55 Å². The van der Waals surface area contributed by atoms with Gasteiger partial charge in [0.25, 0.3) is 0 Å². The summed E-state index contributed by atoms with van der Waals surface area (Å²) in [5, 5.41) is 0. The number of hydrogen-bond donors (Lipinski definition) is 2. The summed E-state index contributed by atoms with van der Waals surface area (Å²) in [4.78, 5) is 4.43. The average Bonchev–Trinajstić information content (AvgIpc) is 2.85. The van der Waals surface area contributed by atoms with Crippen molar-refractivity contribution in [2.24, 2.45) is 5.84 Å². The summed E-state index contributed by atoms with van der Waals surface area (Å²) < 4.78 is 3.24. The number of benzene rings is 1. The Morgan fingerprint density at radius 2 is 2.32 bits per heavy atom. The number of imidazole rings is 1. The summed E-state index contributed by atoms with van der Waals surface area (Å²) in [6.07, 6.45) is 5.73. The van der Waals surface area contributed by atoms with Crippen LogP contribution in [-0.2, 0) is 13.0 Å². The van der Waals surface area contributed by atoms with Crippen molar-refractivity contribution in [3.8, 4) is 0 Å². The second-order valence-electron chi connectivity index (χ2n) is 4.53. The van der Waals surface area contributed by atoms with Crippen molar-refractivity contribution in [3.63, 3.8) is 0 Å². The quantitative estimate of drug-likeness (QED) is 0.635. The zero-order valence-electron chi connectivity index (χ0n) is 11.0. The molecule has 4 nitrogen and oxygen atoms in total. The van der Waals surface area contributed by atoms with Gasteiger partial charge in [0.15, 0.2) is 0 Å². The van der Waals surface area contributed by atoms with Gasteiger partial charge in [-0.25, -0.2) is 10.4 Å². The van der Waals surface area contributed by atoms with Crippen molar-refractivity contribution in [1.82, 2.24) is 15.0 Å². The lowest BCUT2D eigenvalue weighted by molar-refractivity contribution is 0.488. The van der Waals surface area contributed by atoms with E-state index in [9.17, 15) is 0 Å². The van der Waals surface area contributed by atoms with E-state index in [1.165, 1.54) is 5.56 Å². The highest BCUT2D eigenvalue weighted by Gasteiger charge is 2.16. The molecule has 1 atom stereocenters. The number of nitrogens with two attached hydrogens (primary N) is 1. The highest BCUT2D eigenvalue weighted by molar-refractivity contribution is 9.10. The molecule has 0 amide bonds. The van der Waals surface area contributed by atoms with Crippen molar-refractivity contribution in [1.29, 1.82) is 0 Å². The molecule has 1 aromatic carbocycles. The minimum absolute atomic E-state index is 0.0239. The Bertz CT molecular complexity index is 524. The van der Waals surface area contributed by atoms with Crippen LogP contribution in [0.2, 0.25) is 0 Å². The molecule has 1 heterocycles. The molecule has 0 bridgehead atoms. The summed E-state index contributed by atoms with van der Waals surface area (Å²) in [5.74, 6) is 6.69. The van der Waals surface area contributed by atoms with Gasteiger partial charge in [-0.3, -0.25) is 5.84 Å². The summed E-state index contributed by atoms with van der Waals surface area (Å²) in [7, 11) is 0. The minimum Gasteiger partial charge on any atom is -0.334 e. The van der Waals surface area contributed by atoms with Gasteiger partial charge in [0.1, 0.15) is 5.82 Å². The highest BCUT2D eigenvalue weighted by atomic mass is 79.9. The molecule has 5 heteroatoms. The molecule has 2 aromatic rings. The number of aryl methyl sites for hydroxylation is 1. The van der Waals surface area contributed by atoms with Gasteiger partial charge in [-0.15, -0.1) is 0 Å². The molecular formula is C14H19BrN4. The number of hydrazine groups is 1. The van der Waals surface area contributed by atoms with Crippen LogP contribution in [0.15, 0.2) is 41.1 Å². The van der Waals surface area contributed by atoms with Crippen LogP contribution in [0.3, 0.4) is 0 Å². The van der Waals surface area contributed by atoms with Crippen LogP contribution in [0.5, 0.6) is 0 Å². The third kappa shape index (κ3) is 3.65.